The predicted octanol–water partition coefficient (Wildman–Crippen LogP) is 6.50. The molecule has 5 nitrogen and oxygen atoms in total. The zero-order valence-electron chi connectivity index (χ0n) is 16.0. The first-order chi connectivity index (χ1) is 14.3. The van der Waals surface area contributed by atoms with Crippen LogP contribution in [0.4, 0.5) is 23.8 Å². The summed E-state index contributed by atoms with van der Waals surface area (Å²) in [5.74, 6) is -0.406. The highest BCUT2D eigenvalue weighted by molar-refractivity contribution is 9.10. The van der Waals surface area contributed by atoms with E-state index in [1.54, 1.807) is 37.4 Å². The first-order valence-electron chi connectivity index (χ1n) is 8.88. The molecule has 2 aromatic carbocycles. The highest BCUT2D eigenvalue weighted by Crippen LogP contribution is 2.34. The van der Waals surface area contributed by atoms with Crippen molar-refractivity contribution in [1.82, 2.24) is 4.57 Å². The maximum atomic E-state index is 14.5. The van der Waals surface area contributed by atoms with Crippen LogP contribution in [0.3, 0.4) is 0 Å². The molecule has 9 heteroatoms. The number of nitrogens with one attached hydrogen (secondary N) is 1. The van der Waals surface area contributed by atoms with Crippen molar-refractivity contribution in [2.45, 2.75) is 19.6 Å². The van der Waals surface area contributed by atoms with Crippen molar-refractivity contribution >= 4 is 27.8 Å². The molecule has 1 N–H and O–H groups in total. The summed E-state index contributed by atoms with van der Waals surface area (Å²) in [6.45, 7) is -1.49. The van der Waals surface area contributed by atoms with E-state index in [0.29, 0.717) is 5.56 Å². The SMILES string of the molecule is CC(OC(=O)Nc1c(-c2ccc(Br)cc2)c(F)cn1C)c1ccccc1OC(F)F. The van der Waals surface area contributed by atoms with Crippen LogP contribution in [0.15, 0.2) is 59.2 Å². The van der Waals surface area contributed by atoms with Crippen molar-refractivity contribution in [3.8, 4) is 16.9 Å². The fourth-order valence-electron chi connectivity index (χ4n) is 3.00. The third-order valence-electron chi connectivity index (χ3n) is 4.35. The number of benzene rings is 2. The molecule has 1 amide bonds. The van der Waals surface area contributed by atoms with E-state index < -0.39 is 24.6 Å². The molecule has 30 heavy (non-hydrogen) atoms. The molecule has 158 valence electrons. The third-order valence-corrected chi connectivity index (χ3v) is 4.87. The molecule has 0 radical (unpaired) electrons. The largest absolute Gasteiger partial charge is 0.441 e. The number of anilines is 1. The highest BCUT2D eigenvalue weighted by atomic mass is 79.9. The summed E-state index contributed by atoms with van der Waals surface area (Å²) in [5.41, 5.74) is 1.05. The van der Waals surface area contributed by atoms with Crippen molar-refractivity contribution in [1.29, 1.82) is 0 Å². The van der Waals surface area contributed by atoms with Gasteiger partial charge in [0.25, 0.3) is 0 Å². The number of hydrogen-bond donors (Lipinski definition) is 1. The van der Waals surface area contributed by atoms with Crippen LogP contribution in [0.2, 0.25) is 0 Å². The van der Waals surface area contributed by atoms with Crippen molar-refractivity contribution in [2.75, 3.05) is 5.32 Å². The van der Waals surface area contributed by atoms with Gasteiger partial charge in [0.05, 0.1) is 5.56 Å². The van der Waals surface area contributed by atoms with Gasteiger partial charge in [-0.2, -0.15) is 8.78 Å². The first kappa shape index (κ1) is 21.8. The van der Waals surface area contributed by atoms with Gasteiger partial charge in [-0.1, -0.05) is 46.3 Å². The molecule has 0 saturated heterocycles. The van der Waals surface area contributed by atoms with Gasteiger partial charge >= 0.3 is 12.7 Å². The molecular formula is C21H18BrF3N2O3. The van der Waals surface area contributed by atoms with Gasteiger partial charge in [0, 0.05) is 23.3 Å². The lowest BCUT2D eigenvalue weighted by molar-refractivity contribution is -0.0514. The minimum Gasteiger partial charge on any atom is -0.441 e. The smallest absolute Gasteiger partial charge is 0.413 e. The Bertz CT molecular complexity index is 1040. The molecule has 0 saturated carbocycles. The molecule has 3 aromatic rings. The van der Waals surface area contributed by atoms with Crippen LogP contribution < -0.4 is 10.1 Å². The van der Waals surface area contributed by atoms with Gasteiger partial charge in [0.15, 0.2) is 5.82 Å². The van der Waals surface area contributed by atoms with E-state index in [1.165, 1.54) is 35.9 Å². The predicted molar refractivity (Wildman–Crippen MR) is 110 cm³/mol. The minimum absolute atomic E-state index is 0.0896. The topological polar surface area (TPSA) is 52.5 Å². The number of aromatic nitrogens is 1. The fraction of sp³-hybridized carbons (Fsp3) is 0.190. The van der Waals surface area contributed by atoms with E-state index in [1.807, 2.05) is 0 Å². The van der Waals surface area contributed by atoms with Crippen LogP contribution in [-0.2, 0) is 11.8 Å². The Labute approximate surface area is 179 Å². The average Bonchev–Trinajstić information content (AvgIpc) is 2.95. The molecule has 0 aliphatic rings. The van der Waals surface area contributed by atoms with Crippen LogP contribution in [0.1, 0.15) is 18.6 Å². The summed E-state index contributed by atoms with van der Waals surface area (Å²) in [6.07, 6.45) is -0.516. The van der Waals surface area contributed by atoms with E-state index in [4.69, 9.17) is 4.74 Å². The van der Waals surface area contributed by atoms with Gasteiger partial charge in [0.1, 0.15) is 17.7 Å². The molecule has 1 aromatic heterocycles. The minimum atomic E-state index is -3.01. The number of hydrogen-bond acceptors (Lipinski definition) is 3. The van der Waals surface area contributed by atoms with Gasteiger partial charge in [-0.3, -0.25) is 5.32 Å². The number of aryl methyl sites for hydroxylation is 1. The molecule has 0 spiro atoms. The Morgan fingerprint density at radius 2 is 1.80 bits per heavy atom. The maximum Gasteiger partial charge on any atom is 0.413 e. The van der Waals surface area contributed by atoms with Crippen molar-refractivity contribution in [2.24, 2.45) is 7.05 Å². The number of para-hydroxylation sites is 1. The summed E-state index contributed by atoms with van der Waals surface area (Å²) in [4.78, 5) is 12.5. The van der Waals surface area contributed by atoms with Gasteiger partial charge in [-0.05, 0) is 30.7 Å². The second-order valence-corrected chi connectivity index (χ2v) is 7.32. The van der Waals surface area contributed by atoms with Gasteiger partial charge in [-0.15, -0.1) is 0 Å². The maximum absolute atomic E-state index is 14.5. The lowest BCUT2D eigenvalue weighted by Gasteiger charge is -2.18. The Balaban J connectivity index is 1.80. The van der Waals surface area contributed by atoms with Crippen molar-refractivity contribution < 1.29 is 27.4 Å². The molecule has 0 bridgehead atoms. The van der Waals surface area contributed by atoms with Gasteiger partial charge < -0.3 is 14.0 Å². The van der Waals surface area contributed by atoms with Gasteiger partial charge in [-0.25, -0.2) is 9.18 Å². The van der Waals surface area contributed by atoms with Crippen LogP contribution in [0, 0.1) is 5.82 Å². The number of amides is 1. The standard InChI is InChI=1S/C21H18BrF3N2O3/c1-12(15-5-3-4-6-17(15)30-20(24)25)29-21(28)26-19-18(16(23)11-27(19)2)13-7-9-14(22)10-8-13/h3-12,20H,1-2H3,(H,26,28). The van der Waals surface area contributed by atoms with E-state index in [-0.39, 0.29) is 22.7 Å². The number of alkyl halides is 2. The molecule has 3 rings (SSSR count). The van der Waals surface area contributed by atoms with Crippen LogP contribution >= 0.6 is 15.9 Å². The highest BCUT2D eigenvalue weighted by Gasteiger charge is 2.22. The molecule has 0 aliphatic carbocycles. The summed E-state index contributed by atoms with van der Waals surface area (Å²) < 4.78 is 51.8. The van der Waals surface area contributed by atoms with E-state index >= 15 is 0 Å². The molecule has 1 unspecified atom stereocenters. The molecule has 0 fully saturated rings. The zero-order valence-corrected chi connectivity index (χ0v) is 17.6. The van der Waals surface area contributed by atoms with Gasteiger partial charge in [0.2, 0.25) is 0 Å². The fourth-order valence-corrected chi connectivity index (χ4v) is 3.26. The summed E-state index contributed by atoms with van der Waals surface area (Å²) in [5, 5.41) is 2.53. The Morgan fingerprint density at radius 3 is 2.47 bits per heavy atom. The second kappa shape index (κ2) is 9.25. The quantitative estimate of drug-likeness (QED) is 0.435. The molecular weight excluding hydrogens is 465 g/mol. The molecule has 1 heterocycles. The van der Waals surface area contributed by atoms with E-state index in [0.717, 1.165) is 4.47 Å². The lowest BCUT2D eigenvalue weighted by Crippen LogP contribution is -2.18. The average molecular weight is 483 g/mol. The van der Waals surface area contributed by atoms with Crippen LogP contribution in [-0.4, -0.2) is 17.3 Å². The third kappa shape index (κ3) is 4.96. The summed E-state index contributed by atoms with van der Waals surface area (Å²) >= 11 is 3.32. The Hall–Kier alpha value is -2.94. The zero-order chi connectivity index (χ0) is 21.8. The number of carbonyl (C=O) groups is 1. The number of halogens is 4. The monoisotopic (exact) mass is 482 g/mol. The lowest BCUT2D eigenvalue weighted by atomic mass is 10.1. The van der Waals surface area contributed by atoms with Crippen LogP contribution in [0.25, 0.3) is 11.1 Å². The number of rotatable bonds is 6. The molecule has 1 atom stereocenters. The van der Waals surface area contributed by atoms with Crippen LogP contribution in [0.5, 0.6) is 5.75 Å². The Morgan fingerprint density at radius 1 is 1.13 bits per heavy atom. The second-order valence-electron chi connectivity index (χ2n) is 6.41. The molecule has 0 aliphatic heterocycles. The number of ether oxygens (including phenoxy) is 2. The van der Waals surface area contributed by atoms with Crippen molar-refractivity contribution in [3.05, 3.63) is 70.6 Å². The Kier molecular flexibility index (Phi) is 6.71. The van der Waals surface area contributed by atoms with E-state index in [2.05, 4.69) is 26.0 Å². The number of nitrogens with zero attached hydrogens (tertiary/aromatic N) is 1. The first-order valence-corrected chi connectivity index (χ1v) is 9.67. The van der Waals surface area contributed by atoms with Crippen molar-refractivity contribution in [3.63, 3.8) is 0 Å². The summed E-state index contributed by atoms with van der Waals surface area (Å²) in [7, 11) is 1.58. The normalized spacial score (nSPS) is 12.0. The van der Waals surface area contributed by atoms with E-state index in [9.17, 15) is 18.0 Å². The number of carbonyl (C=O) groups excluding carboxylic acids is 1. The summed E-state index contributed by atoms with van der Waals surface area (Å²) in [6, 6.07) is 13.0.